The maximum absolute atomic E-state index is 9.61. The summed E-state index contributed by atoms with van der Waals surface area (Å²) in [5.74, 6) is 2.23. The van der Waals surface area contributed by atoms with Crippen LogP contribution in [0.3, 0.4) is 0 Å². The van der Waals surface area contributed by atoms with Gasteiger partial charge in [0.2, 0.25) is 0 Å². The molecule has 0 bridgehead atoms. The van der Waals surface area contributed by atoms with Crippen LogP contribution in [0.25, 0.3) is 0 Å². The molecule has 0 heterocycles. The molecule has 0 amide bonds. The minimum absolute atomic E-state index is 0.167. The van der Waals surface area contributed by atoms with Crippen LogP contribution in [0.1, 0.15) is 17.5 Å². The number of para-hydroxylation sites is 1. The van der Waals surface area contributed by atoms with E-state index in [1.807, 2.05) is 24.3 Å². The van der Waals surface area contributed by atoms with Crippen molar-refractivity contribution in [2.75, 3.05) is 21.3 Å². The topological polar surface area (TPSA) is 47.9 Å². The lowest BCUT2D eigenvalue weighted by Gasteiger charge is -2.12. The second-order valence-corrected chi connectivity index (χ2v) is 5.01. The highest BCUT2D eigenvalue weighted by Gasteiger charge is 2.09. The molecule has 2 aromatic carbocycles. The van der Waals surface area contributed by atoms with E-state index in [2.05, 4.69) is 6.07 Å². The standard InChI is InChI=1S/C18H22O4/c1-20-16-9-5-8-14(18(16)22-3)7-4-6-13-10-11-15(19)17(12-13)21-2/h5,8-12,19H,4,6-7H2,1-3H3. The fraction of sp³-hybridized carbons (Fsp3) is 0.333. The van der Waals surface area contributed by atoms with Gasteiger partial charge in [-0.1, -0.05) is 18.2 Å². The van der Waals surface area contributed by atoms with E-state index >= 15 is 0 Å². The molecule has 2 aromatic rings. The molecule has 1 N–H and O–H groups in total. The Kier molecular flexibility index (Phi) is 5.53. The monoisotopic (exact) mass is 302 g/mol. The van der Waals surface area contributed by atoms with Gasteiger partial charge in [-0.3, -0.25) is 0 Å². The average Bonchev–Trinajstić information content (AvgIpc) is 2.55. The van der Waals surface area contributed by atoms with Crippen molar-refractivity contribution in [3.05, 3.63) is 47.5 Å². The van der Waals surface area contributed by atoms with Gasteiger partial charge in [-0.15, -0.1) is 0 Å². The molecule has 0 aliphatic heterocycles. The first-order chi connectivity index (χ1) is 10.7. The first-order valence-electron chi connectivity index (χ1n) is 7.25. The zero-order chi connectivity index (χ0) is 15.9. The molecule has 4 nitrogen and oxygen atoms in total. The number of phenolic OH excluding ortho intramolecular Hbond substituents is 1. The summed E-state index contributed by atoms with van der Waals surface area (Å²) in [7, 11) is 4.86. The van der Waals surface area contributed by atoms with E-state index in [1.165, 1.54) is 0 Å². The van der Waals surface area contributed by atoms with Gasteiger partial charge in [0.05, 0.1) is 21.3 Å². The molecule has 0 spiro atoms. The van der Waals surface area contributed by atoms with Gasteiger partial charge >= 0.3 is 0 Å². The van der Waals surface area contributed by atoms with E-state index in [9.17, 15) is 5.11 Å². The van der Waals surface area contributed by atoms with Crippen LogP contribution in [0.4, 0.5) is 0 Å². The van der Waals surface area contributed by atoms with Crippen molar-refractivity contribution in [2.45, 2.75) is 19.3 Å². The van der Waals surface area contributed by atoms with E-state index in [0.717, 1.165) is 41.9 Å². The van der Waals surface area contributed by atoms with Crippen molar-refractivity contribution in [1.82, 2.24) is 0 Å². The van der Waals surface area contributed by atoms with Crippen LogP contribution in [0.2, 0.25) is 0 Å². The quantitative estimate of drug-likeness (QED) is 0.849. The Balaban J connectivity index is 2.02. The molecule has 0 radical (unpaired) electrons. The van der Waals surface area contributed by atoms with Crippen molar-refractivity contribution in [2.24, 2.45) is 0 Å². The predicted octanol–water partition coefficient (Wildman–Crippen LogP) is 3.59. The Morgan fingerprint density at radius 1 is 0.864 bits per heavy atom. The van der Waals surface area contributed by atoms with Crippen molar-refractivity contribution < 1.29 is 19.3 Å². The number of benzene rings is 2. The lowest BCUT2D eigenvalue weighted by Crippen LogP contribution is -1.97. The molecular weight excluding hydrogens is 280 g/mol. The van der Waals surface area contributed by atoms with Gasteiger partial charge in [0.15, 0.2) is 23.0 Å². The van der Waals surface area contributed by atoms with E-state index in [-0.39, 0.29) is 5.75 Å². The number of aryl methyl sites for hydroxylation is 2. The van der Waals surface area contributed by atoms with Crippen LogP contribution >= 0.6 is 0 Å². The fourth-order valence-electron chi connectivity index (χ4n) is 2.51. The molecule has 0 aliphatic rings. The number of ether oxygens (including phenoxy) is 3. The number of hydrogen-bond acceptors (Lipinski definition) is 4. The molecule has 0 saturated heterocycles. The summed E-state index contributed by atoms with van der Waals surface area (Å²) >= 11 is 0. The van der Waals surface area contributed by atoms with E-state index in [0.29, 0.717) is 5.75 Å². The Morgan fingerprint density at radius 2 is 1.64 bits per heavy atom. The van der Waals surface area contributed by atoms with Crippen LogP contribution in [-0.4, -0.2) is 26.4 Å². The molecule has 22 heavy (non-hydrogen) atoms. The van der Waals surface area contributed by atoms with Gasteiger partial charge in [0.1, 0.15) is 0 Å². The normalized spacial score (nSPS) is 10.3. The summed E-state index contributed by atoms with van der Waals surface area (Å²) in [6.45, 7) is 0. The zero-order valence-electron chi connectivity index (χ0n) is 13.3. The van der Waals surface area contributed by atoms with Gasteiger partial charge in [0, 0.05) is 0 Å². The Morgan fingerprint density at radius 3 is 2.32 bits per heavy atom. The first-order valence-corrected chi connectivity index (χ1v) is 7.25. The fourth-order valence-corrected chi connectivity index (χ4v) is 2.51. The number of hydrogen-bond donors (Lipinski definition) is 1. The van der Waals surface area contributed by atoms with Crippen molar-refractivity contribution in [3.8, 4) is 23.0 Å². The summed E-state index contributed by atoms with van der Waals surface area (Å²) in [6, 6.07) is 11.4. The molecule has 0 atom stereocenters. The van der Waals surface area contributed by atoms with Crippen LogP contribution in [0.5, 0.6) is 23.0 Å². The van der Waals surface area contributed by atoms with Gasteiger partial charge < -0.3 is 19.3 Å². The number of methoxy groups -OCH3 is 3. The highest BCUT2D eigenvalue weighted by molar-refractivity contribution is 5.46. The molecule has 0 saturated carbocycles. The van der Waals surface area contributed by atoms with Crippen molar-refractivity contribution >= 4 is 0 Å². The van der Waals surface area contributed by atoms with E-state index in [1.54, 1.807) is 27.4 Å². The van der Waals surface area contributed by atoms with Crippen LogP contribution in [0, 0.1) is 0 Å². The third-order valence-corrected chi connectivity index (χ3v) is 3.64. The molecule has 2 rings (SSSR count). The number of rotatable bonds is 7. The smallest absolute Gasteiger partial charge is 0.163 e. The molecule has 4 heteroatoms. The zero-order valence-corrected chi connectivity index (χ0v) is 13.3. The third kappa shape index (κ3) is 3.64. The van der Waals surface area contributed by atoms with Gasteiger partial charge in [-0.25, -0.2) is 0 Å². The Labute approximate surface area is 131 Å². The summed E-state index contributed by atoms with van der Waals surface area (Å²) in [4.78, 5) is 0. The lowest BCUT2D eigenvalue weighted by atomic mass is 10.0. The van der Waals surface area contributed by atoms with Crippen LogP contribution < -0.4 is 14.2 Å². The first kappa shape index (κ1) is 16.0. The molecule has 0 aliphatic carbocycles. The van der Waals surface area contributed by atoms with Crippen molar-refractivity contribution in [3.63, 3.8) is 0 Å². The number of aromatic hydroxyl groups is 1. The second kappa shape index (κ2) is 7.59. The second-order valence-electron chi connectivity index (χ2n) is 5.01. The molecule has 118 valence electrons. The van der Waals surface area contributed by atoms with Gasteiger partial charge in [-0.05, 0) is 48.6 Å². The minimum atomic E-state index is 0.167. The van der Waals surface area contributed by atoms with Crippen molar-refractivity contribution in [1.29, 1.82) is 0 Å². The third-order valence-electron chi connectivity index (χ3n) is 3.64. The Hall–Kier alpha value is -2.36. The summed E-state index contributed by atoms with van der Waals surface area (Å²) in [5.41, 5.74) is 2.27. The average molecular weight is 302 g/mol. The largest absolute Gasteiger partial charge is 0.504 e. The van der Waals surface area contributed by atoms with Crippen LogP contribution in [0.15, 0.2) is 36.4 Å². The number of phenols is 1. The summed E-state index contributed by atoms with van der Waals surface area (Å²) in [6.07, 6.45) is 2.76. The molecule has 0 aromatic heterocycles. The highest BCUT2D eigenvalue weighted by atomic mass is 16.5. The molecule has 0 unspecified atom stereocenters. The lowest BCUT2D eigenvalue weighted by molar-refractivity contribution is 0.351. The SMILES string of the molecule is COc1cc(CCCc2cccc(OC)c2OC)ccc1O. The maximum Gasteiger partial charge on any atom is 0.163 e. The van der Waals surface area contributed by atoms with E-state index < -0.39 is 0 Å². The Bertz CT molecular complexity index is 622. The molecule has 0 fully saturated rings. The summed E-state index contributed by atoms with van der Waals surface area (Å²) < 4.78 is 15.9. The highest BCUT2D eigenvalue weighted by Crippen LogP contribution is 2.32. The molecular formula is C18H22O4. The predicted molar refractivity (Wildman–Crippen MR) is 86.2 cm³/mol. The van der Waals surface area contributed by atoms with E-state index in [4.69, 9.17) is 14.2 Å². The van der Waals surface area contributed by atoms with Crippen LogP contribution in [-0.2, 0) is 12.8 Å². The summed E-state index contributed by atoms with van der Waals surface area (Å²) in [5, 5.41) is 9.61. The minimum Gasteiger partial charge on any atom is -0.504 e. The van der Waals surface area contributed by atoms with Gasteiger partial charge in [0.25, 0.3) is 0 Å². The maximum atomic E-state index is 9.61. The van der Waals surface area contributed by atoms with Gasteiger partial charge in [-0.2, -0.15) is 0 Å².